The van der Waals surface area contributed by atoms with E-state index in [1.807, 2.05) is 32.9 Å². The van der Waals surface area contributed by atoms with Gasteiger partial charge in [0.25, 0.3) is 0 Å². The number of anilines is 2. The van der Waals surface area contributed by atoms with Gasteiger partial charge in [-0.05, 0) is 52.7 Å². The maximum Gasteiger partial charge on any atom is 0.239 e. The number of aromatic nitrogens is 1. The molecule has 0 spiro atoms. The zero-order chi connectivity index (χ0) is 13.3. The van der Waals surface area contributed by atoms with E-state index in [-0.39, 0.29) is 5.60 Å². The van der Waals surface area contributed by atoms with E-state index in [0.717, 1.165) is 12.4 Å². The van der Waals surface area contributed by atoms with Gasteiger partial charge >= 0.3 is 0 Å². The quantitative estimate of drug-likeness (QED) is 0.875. The third-order valence-corrected chi connectivity index (χ3v) is 3.13. The standard InChI is InChI=1S/C14H23N3O/c1-10-6-5-9-17(10)12-8-7-11(15)13(16-12)18-14(2,3)4/h7-8,10H,5-6,9,15H2,1-4H3. The van der Waals surface area contributed by atoms with Crippen LogP contribution in [0.4, 0.5) is 11.5 Å². The minimum absolute atomic E-state index is 0.281. The lowest BCUT2D eigenvalue weighted by molar-refractivity contribution is 0.125. The first kappa shape index (κ1) is 13.0. The zero-order valence-corrected chi connectivity index (χ0v) is 11.7. The SMILES string of the molecule is CC1CCCN1c1ccc(N)c(OC(C)(C)C)n1. The lowest BCUT2D eigenvalue weighted by atomic mass is 10.2. The Morgan fingerprint density at radius 3 is 2.67 bits per heavy atom. The van der Waals surface area contributed by atoms with E-state index in [1.165, 1.54) is 12.8 Å². The molecule has 2 N–H and O–H groups in total. The summed E-state index contributed by atoms with van der Waals surface area (Å²) in [6.07, 6.45) is 2.45. The van der Waals surface area contributed by atoms with Crippen LogP contribution in [0.3, 0.4) is 0 Å². The fourth-order valence-corrected chi connectivity index (χ4v) is 2.25. The van der Waals surface area contributed by atoms with Gasteiger partial charge in [-0.25, -0.2) is 0 Å². The number of hydrogen-bond donors (Lipinski definition) is 1. The lowest BCUT2D eigenvalue weighted by Crippen LogP contribution is -2.28. The summed E-state index contributed by atoms with van der Waals surface area (Å²) < 4.78 is 5.81. The van der Waals surface area contributed by atoms with Crippen LogP contribution >= 0.6 is 0 Å². The average molecular weight is 249 g/mol. The van der Waals surface area contributed by atoms with Crippen LogP contribution in [0.5, 0.6) is 5.88 Å². The Morgan fingerprint density at radius 1 is 1.39 bits per heavy atom. The van der Waals surface area contributed by atoms with Crippen LogP contribution in [0, 0.1) is 0 Å². The Morgan fingerprint density at radius 2 is 2.11 bits per heavy atom. The van der Waals surface area contributed by atoms with Crippen molar-refractivity contribution >= 4 is 11.5 Å². The van der Waals surface area contributed by atoms with Gasteiger partial charge < -0.3 is 15.4 Å². The Bertz CT molecular complexity index is 426. The van der Waals surface area contributed by atoms with Crippen LogP contribution in [-0.2, 0) is 0 Å². The molecule has 1 saturated heterocycles. The van der Waals surface area contributed by atoms with Crippen LogP contribution in [-0.4, -0.2) is 23.2 Å². The van der Waals surface area contributed by atoms with Crippen molar-refractivity contribution < 1.29 is 4.74 Å². The van der Waals surface area contributed by atoms with Crippen LogP contribution in [0.1, 0.15) is 40.5 Å². The van der Waals surface area contributed by atoms with Gasteiger partial charge in [-0.3, -0.25) is 0 Å². The van der Waals surface area contributed by atoms with Crippen molar-refractivity contribution in [2.45, 2.75) is 52.2 Å². The Kier molecular flexibility index (Phi) is 3.37. The molecular formula is C14H23N3O. The molecule has 2 rings (SSSR count). The van der Waals surface area contributed by atoms with E-state index in [9.17, 15) is 0 Å². The van der Waals surface area contributed by atoms with Crippen molar-refractivity contribution in [1.82, 2.24) is 4.98 Å². The van der Waals surface area contributed by atoms with Gasteiger partial charge in [0, 0.05) is 12.6 Å². The predicted molar refractivity (Wildman–Crippen MR) is 75.1 cm³/mol. The van der Waals surface area contributed by atoms with Gasteiger partial charge in [0.05, 0.1) is 5.69 Å². The molecule has 1 fully saturated rings. The van der Waals surface area contributed by atoms with Crippen molar-refractivity contribution in [2.24, 2.45) is 0 Å². The Labute approximate surface area is 109 Å². The summed E-state index contributed by atoms with van der Waals surface area (Å²) in [5.41, 5.74) is 6.24. The first-order valence-corrected chi connectivity index (χ1v) is 6.59. The molecule has 1 atom stereocenters. The summed E-state index contributed by atoms with van der Waals surface area (Å²) in [4.78, 5) is 6.88. The molecule has 1 aliphatic rings. The van der Waals surface area contributed by atoms with Crippen LogP contribution in [0.25, 0.3) is 0 Å². The average Bonchev–Trinajstić information content (AvgIpc) is 2.66. The van der Waals surface area contributed by atoms with Crippen molar-refractivity contribution in [3.8, 4) is 5.88 Å². The summed E-state index contributed by atoms with van der Waals surface area (Å²) in [6, 6.07) is 4.41. The molecule has 1 aromatic rings. The molecule has 4 nitrogen and oxygen atoms in total. The van der Waals surface area contributed by atoms with E-state index in [2.05, 4.69) is 16.8 Å². The monoisotopic (exact) mass is 249 g/mol. The first-order valence-electron chi connectivity index (χ1n) is 6.59. The number of nitrogens with two attached hydrogens (primary N) is 1. The van der Waals surface area contributed by atoms with Gasteiger partial charge in [0.2, 0.25) is 5.88 Å². The summed E-state index contributed by atoms with van der Waals surface area (Å²) in [6.45, 7) is 9.29. The number of pyridine rings is 1. The Balaban J connectivity index is 2.26. The lowest BCUT2D eigenvalue weighted by Gasteiger charge is -2.25. The third kappa shape index (κ3) is 2.86. The minimum atomic E-state index is -0.281. The molecule has 0 bridgehead atoms. The molecule has 0 saturated carbocycles. The maximum atomic E-state index is 5.92. The van der Waals surface area contributed by atoms with E-state index in [4.69, 9.17) is 10.5 Å². The van der Waals surface area contributed by atoms with E-state index in [0.29, 0.717) is 17.6 Å². The van der Waals surface area contributed by atoms with E-state index >= 15 is 0 Å². The summed E-state index contributed by atoms with van der Waals surface area (Å²) in [5.74, 6) is 1.51. The number of rotatable bonds is 2. The highest BCUT2D eigenvalue weighted by Crippen LogP contribution is 2.29. The normalized spacial score (nSPS) is 20.2. The number of nitrogen functional groups attached to an aromatic ring is 1. The fourth-order valence-electron chi connectivity index (χ4n) is 2.25. The molecule has 1 unspecified atom stereocenters. The molecule has 2 heterocycles. The highest BCUT2D eigenvalue weighted by atomic mass is 16.5. The maximum absolute atomic E-state index is 5.92. The van der Waals surface area contributed by atoms with Gasteiger partial charge in [-0.15, -0.1) is 0 Å². The van der Waals surface area contributed by atoms with Crippen molar-refractivity contribution in [1.29, 1.82) is 0 Å². The summed E-state index contributed by atoms with van der Waals surface area (Å²) >= 11 is 0. The van der Waals surface area contributed by atoms with Gasteiger partial charge in [-0.2, -0.15) is 4.98 Å². The largest absolute Gasteiger partial charge is 0.470 e. The zero-order valence-electron chi connectivity index (χ0n) is 11.7. The second-order valence-corrected chi connectivity index (χ2v) is 5.96. The highest BCUT2D eigenvalue weighted by Gasteiger charge is 2.23. The molecule has 18 heavy (non-hydrogen) atoms. The number of hydrogen-bond acceptors (Lipinski definition) is 4. The van der Waals surface area contributed by atoms with Crippen LogP contribution < -0.4 is 15.4 Å². The third-order valence-electron chi connectivity index (χ3n) is 3.13. The molecule has 0 amide bonds. The molecule has 0 aliphatic carbocycles. The van der Waals surface area contributed by atoms with Gasteiger partial charge in [0.15, 0.2) is 0 Å². The van der Waals surface area contributed by atoms with E-state index in [1.54, 1.807) is 0 Å². The molecule has 100 valence electrons. The van der Waals surface area contributed by atoms with Crippen LogP contribution in [0.2, 0.25) is 0 Å². The van der Waals surface area contributed by atoms with Crippen molar-refractivity contribution in [3.05, 3.63) is 12.1 Å². The van der Waals surface area contributed by atoms with Gasteiger partial charge in [0.1, 0.15) is 11.4 Å². The molecule has 4 heteroatoms. The number of nitrogens with zero attached hydrogens (tertiary/aromatic N) is 2. The molecule has 1 aromatic heterocycles. The van der Waals surface area contributed by atoms with Gasteiger partial charge in [-0.1, -0.05) is 0 Å². The molecule has 1 aliphatic heterocycles. The first-order chi connectivity index (χ1) is 8.37. The second kappa shape index (κ2) is 4.67. The van der Waals surface area contributed by atoms with Crippen molar-refractivity contribution in [3.63, 3.8) is 0 Å². The fraction of sp³-hybridized carbons (Fsp3) is 0.643. The molecular weight excluding hydrogens is 226 g/mol. The van der Waals surface area contributed by atoms with E-state index < -0.39 is 0 Å². The van der Waals surface area contributed by atoms with Crippen molar-refractivity contribution in [2.75, 3.05) is 17.2 Å². The molecule has 0 radical (unpaired) electrons. The topological polar surface area (TPSA) is 51.4 Å². The summed E-state index contributed by atoms with van der Waals surface area (Å²) in [5, 5.41) is 0. The number of ether oxygens (including phenoxy) is 1. The predicted octanol–water partition coefficient (Wildman–Crippen LogP) is 2.83. The summed E-state index contributed by atoms with van der Waals surface area (Å²) in [7, 11) is 0. The highest BCUT2D eigenvalue weighted by molar-refractivity contribution is 5.55. The second-order valence-electron chi connectivity index (χ2n) is 5.96. The minimum Gasteiger partial charge on any atom is -0.470 e. The van der Waals surface area contributed by atoms with Crippen LogP contribution in [0.15, 0.2) is 12.1 Å². The molecule has 0 aromatic carbocycles. The smallest absolute Gasteiger partial charge is 0.239 e. The Hall–Kier alpha value is -1.45.